The number of Topliss-reactive ketones (excluding diaryl/α,β-unsaturated/α-hetero) is 1. The van der Waals surface area contributed by atoms with Crippen LogP contribution in [-0.2, 0) is 4.79 Å². The maximum Gasteiger partial charge on any atom is 0.225 e. The molecule has 4 aliphatic rings. The summed E-state index contributed by atoms with van der Waals surface area (Å²) in [6.07, 6.45) is 15.4. The Kier molecular flexibility index (Phi) is 8.26. The fourth-order valence-electron chi connectivity index (χ4n) is 8.25. The second-order valence-corrected chi connectivity index (χ2v) is 13.4. The first-order chi connectivity index (χ1) is 17.8. The van der Waals surface area contributed by atoms with Crippen molar-refractivity contribution in [3.8, 4) is 0 Å². The van der Waals surface area contributed by atoms with E-state index in [1.807, 2.05) is 0 Å². The number of piperidine rings is 1. The third-order valence-corrected chi connectivity index (χ3v) is 10.4. The van der Waals surface area contributed by atoms with Crippen LogP contribution in [0, 0.1) is 23.2 Å². The highest BCUT2D eigenvalue weighted by Gasteiger charge is 2.51. The number of aromatic nitrogens is 2. The van der Waals surface area contributed by atoms with Gasteiger partial charge in [0.15, 0.2) is 0 Å². The zero-order chi connectivity index (χ0) is 26.2. The van der Waals surface area contributed by atoms with Crippen LogP contribution in [0.5, 0.6) is 0 Å². The van der Waals surface area contributed by atoms with Crippen molar-refractivity contribution in [1.82, 2.24) is 19.8 Å². The number of piperazine rings is 1. The van der Waals surface area contributed by atoms with E-state index in [2.05, 4.69) is 61.8 Å². The van der Waals surface area contributed by atoms with Crippen LogP contribution in [0.15, 0.2) is 12.4 Å². The Morgan fingerprint density at radius 1 is 1.00 bits per heavy atom. The van der Waals surface area contributed by atoms with Gasteiger partial charge < -0.3 is 14.7 Å². The van der Waals surface area contributed by atoms with E-state index in [9.17, 15) is 4.79 Å². The van der Waals surface area contributed by atoms with Crippen molar-refractivity contribution in [3.63, 3.8) is 0 Å². The van der Waals surface area contributed by atoms with Crippen molar-refractivity contribution in [2.75, 3.05) is 44.7 Å². The molecular formula is C31H51N5O. The van der Waals surface area contributed by atoms with E-state index in [1.165, 1.54) is 70.1 Å². The van der Waals surface area contributed by atoms with Gasteiger partial charge in [0.25, 0.3) is 0 Å². The van der Waals surface area contributed by atoms with Crippen molar-refractivity contribution in [1.29, 1.82) is 0 Å². The van der Waals surface area contributed by atoms with Gasteiger partial charge in [0, 0.05) is 55.9 Å². The lowest BCUT2D eigenvalue weighted by molar-refractivity contribution is -0.133. The van der Waals surface area contributed by atoms with E-state index in [0.29, 0.717) is 35.1 Å². The van der Waals surface area contributed by atoms with E-state index < -0.39 is 0 Å². The summed E-state index contributed by atoms with van der Waals surface area (Å²) in [5.41, 5.74) is 1.84. The third-order valence-electron chi connectivity index (χ3n) is 10.4. The quantitative estimate of drug-likeness (QED) is 0.469. The number of likely N-dealkylation sites (tertiary alicyclic amines) is 1. The molecule has 0 amide bonds. The van der Waals surface area contributed by atoms with Crippen LogP contribution in [0.2, 0.25) is 0 Å². The summed E-state index contributed by atoms with van der Waals surface area (Å²) in [6, 6.07) is 0.989. The average molecular weight is 510 g/mol. The Morgan fingerprint density at radius 2 is 1.62 bits per heavy atom. The molecule has 1 aromatic rings. The Balaban J connectivity index is 1.10. The predicted octanol–water partition coefficient (Wildman–Crippen LogP) is 5.39. The number of carbonyl (C=O) groups is 1. The topological polar surface area (TPSA) is 52.6 Å². The Labute approximate surface area is 225 Å². The van der Waals surface area contributed by atoms with Gasteiger partial charge in [0.2, 0.25) is 5.95 Å². The molecule has 3 heterocycles. The van der Waals surface area contributed by atoms with Gasteiger partial charge >= 0.3 is 0 Å². The van der Waals surface area contributed by atoms with Crippen LogP contribution in [-0.4, -0.2) is 77.4 Å². The van der Waals surface area contributed by atoms with Crippen molar-refractivity contribution in [2.24, 2.45) is 23.2 Å². The average Bonchev–Trinajstić information content (AvgIpc) is 3.31. The largest absolute Gasteiger partial charge is 0.332 e. The van der Waals surface area contributed by atoms with Gasteiger partial charge in [-0.2, -0.15) is 0 Å². The molecule has 0 bridgehead atoms. The first-order valence-corrected chi connectivity index (χ1v) is 15.4. The highest BCUT2D eigenvalue weighted by atomic mass is 16.1. The number of likely N-dealkylation sites (N-methyl/N-ethyl adjacent to an activating group) is 1. The zero-order valence-electron chi connectivity index (χ0n) is 24.2. The SMILES string of the molecule is CCC1CN(C)CC(CC)N1c1ncc(C2CCN(C[C@H]3CCC4(CC(C(=O)C(C)C)C4)C3)CC2)cn1. The minimum Gasteiger partial charge on any atom is -0.332 e. The van der Waals surface area contributed by atoms with E-state index >= 15 is 0 Å². The lowest BCUT2D eigenvalue weighted by Gasteiger charge is -2.46. The predicted molar refractivity (Wildman–Crippen MR) is 151 cm³/mol. The molecule has 2 saturated heterocycles. The van der Waals surface area contributed by atoms with E-state index in [-0.39, 0.29) is 5.92 Å². The van der Waals surface area contributed by atoms with Gasteiger partial charge in [0.1, 0.15) is 5.78 Å². The highest BCUT2D eigenvalue weighted by molar-refractivity contribution is 5.83. The van der Waals surface area contributed by atoms with Gasteiger partial charge in [-0.25, -0.2) is 9.97 Å². The van der Waals surface area contributed by atoms with Gasteiger partial charge in [-0.1, -0.05) is 27.7 Å². The third kappa shape index (κ3) is 5.75. The van der Waals surface area contributed by atoms with Crippen LogP contribution in [0.3, 0.4) is 0 Å². The van der Waals surface area contributed by atoms with Gasteiger partial charge in [-0.15, -0.1) is 0 Å². The minimum absolute atomic E-state index is 0.204. The van der Waals surface area contributed by atoms with Crippen LogP contribution in [0.1, 0.15) is 97.0 Å². The molecule has 6 heteroatoms. The summed E-state index contributed by atoms with van der Waals surface area (Å²) >= 11 is 0. The summed E-state index contributed by atoms with van der Waals surface area (Å²) in [7, 11) is 2.24. The molecule has 2 saturated carbocycles. The van der Waals surface area contributed by atoms with E-state index in [4.69, 9.17) is 9.97 Å². The molecule has 2 aliphatic carbocycles. The molecule has 206 valence electrons. The smallest absolute Gasteiger partial charge is 0.225 e. The van der Waals surface area contributed by atoms with Crippen LogP contribution >= 0.6 is 0 Å². The van der Waals surface area contributed by atoms with Crippen molar-refractivity contribution < 1.29 is 4.79 Å². The molecular weight excluding hydrogens is 458 g/mol. The van der Waals surface area contributed by atoms with Gasteiger partial charge in [-0.05, 0) is 101 Å². The molecule has 1 aromatic heterocycles. The van der Waals surface area contributed by atoms with Gasteiger partial charge in [-0.3, -0.25) is 4.79 Å². The summed E-state index contributed by atoms with van der Waals surface area (Å²) in [4.78, 5) is 29.9. The Morgan fingerprint density at radius 3 is 2.19 bits per heavy atom. The number of rotatable bonds is 8. The fraction of sp³-hybridized carbons (Fsp3) is 0.839. The summed E-state index contributed by atoms with van der Waals surface area (Å²) in [5, 5.41) is 0. The van der Waals surface area contributed by atoms with E-state index in [1.54, 1.807) is 0 Å². The van der Waals surface area contributed by atoms with E-state index in [0.717, 1.165) is 37.8 Å². The first-order valence-electron chi connectivity index (χ1n) is 15.4. The summed E-state index contributed by atoms with van der Waals surface area (Å²) < 4.78 is 0. The van der Waals surface area contributed by atoms with Crippen LogP contribution < -0.4 is 4.90 Å². The van der Waals surface area contributed by atoms with Crippen LogP contribution in [0.25, 0.3) is 0 Å². The molecule has 2 unspecified atom stereocenters. The number of hydrogen-bond donors (Lipinski definition) is 0. The van der Waals surface area contributed by atoms with Crippen molar-refractivity contribution in [3.05, 3.63) is 18.0 Å². The van der Waals surface area contributed by atoms with Crippen LogP contribution in [0.4, 0.5) is 5.95 Å². The van der Waals surface area contributed by atoms with Crippen molar-refractivity contribution in [2.45, 2.75) is 103 Å². The number of nitrogens with zero attached hydrogens (tertiary/aromatic N) is 5. The molecule has 0 radical (unpaired) electrons. The molecule has 4 fully saturated rings. The molecule has 0 aromatic carbocycles. The van der Waals surface area contributed by atoms with Gasteiger partial charge in [0.05, 0.1) is 0 Å². The molecule has 6 nitrogen and oxygen atoms in total. The highest BCUT2D eigenvalue weighted by Crippen LogP contribution is 2.58. The maximum absolute atomic E-state index is 12.4. The molecule has 5 rings (SSSR count). The molecule has 3 atom stereocenters. The first kappa shape index (κ1) is 27.1. The molecule has 2 aliphatic heterocycles. The Bertz CT molecular complexity index is 889. The monoisotopic (exact) mass is 509 g/mol. The lowest BCUT2D eigenvalue weighted by Crippen LogP contribution is -2.58. The maximum atomic E-state index is 12.4. The fourth-order valence-corrected chi connectivity index (χ4v) is 8.25. The molecule has 1 spiro atoms. The second-order valence-electron chi connectivity index (χ2n) is 13.4. The number of carbonyl (C=O) groups excluding carboxylic acids is 1. The number of hydrogen-bond acceptors (Lipinski definition) is 6. The lowest BCUT2D eigenvalue weighted by atomic mass is 9.58. The summed E-state index contributed by atoms with van der Waals surface area (Å²) in [5.74, 6) is 3.42. The zero-order valence-corrected chi connectivity index (χ0v) is 24.2. The number of anilines is 1. The second kappa shape index (κ2) is 11.3. The molecule has 37 heavy (non-hydrogen) atoms. The standard InChI is InChI=1S/C31H51N5O/c1-6-27-20-34(5)21-28(7-2)36(27)30-32-17-26(18-33-30)24-9-12-35(13-10-24)19-23-8-11-31(14-23)15-25(16-31)29(37)22(3)4/h17-18,22-25,27-28H,6-16,19-21H2,1-5H3/t23-,25?,27?,28?,31?/m0/s1. The number of ketones is 1. The Hall–Kier alpha value is -1.53. The minimum atomic E-state index is 0.204. The van der Waals surface area contributed by atoms with Crippen molar-refractivity contribution >= 4 is 11.7 Å². The molecule has 0 N–H and O–H groups in total. The normalized spacial score (nSPS) is 33.8. The summed E-state index contributed by atoms with van der Waals surface area (Å²) in [6.45, 7) is 14.5.